The van der Waals surface area contributed by atoms with Gasteiger partial charge in [0.15, 0.2) is 0 Å². The van der Waals surface area contributed by atoms with Crippen LogP contribution in [0.5, 0.6) is 0 Å². The van der Waals surface area contributed by atoms with Gasteiger partial charge in [0, 0.05) is 43.6 Å². The summed E-state index contributed by atoms with van der Waals surface area (Å²) in [6, 6.07) is 8.15. The first-order chi connectivity index (χ1) is 13.5. The van der Waals surface area contributed by atoms with Gasteiger partial charge in [-0.2, -0.15) is 0 Å². The van der Waals surface area contributed by atoms with Gasteiger partial charge in [-0.25, -0.2) is 9.97 Å². The average molecular weight is 382 g/mol. The molecule has 1 aromatic heterocycles. The molecule has 6 heteroatoms. The maximum Gasteiger partial charge on any atom is 0.272 e. The number of carbonyl (C=O) groups excluding carboxylic acids is 1. The fraction of sp³-hybridized carbons (Fsp3) is 0.500. The highest BCUT2D eigenvalue weighted by molar-refractivity contribution is 5.93. The van der Waals surface area contributed by atoms with Crippen LogP contribution in [-0.4, -0.2) is 47.0 Å². The van der Waals surface area contributed by atoms with E-state index in [0.717, 1.165) is 50.3 Å². The molecule has 2 aromatic rings. The van der Waals surface area contributed by atoms with Crippen LogP contribution < -0.4 is 10.2 Å². The third-order valence-electron chi connectivity index (χ3n) is 5.30. The van der Waals surface area contributed by atoms with Gasteiger partial charge < -0.3 is 15.1 Å². The summed E-state index contributed by atoms with van der Waals surface area (Å²) in [7, 11) is 0. The molecule has 1 N–H and O–H groups in total. The third-order valence-corrected chi connectivity index (χ3v) is 5.30. The summed E-state index contributed by atoms with van der Waals surface area (Å²) < 4.78 is 0. The largest absolute Gasteiger partial charge is 0.372 e. The highest BCUT2D eigenvalue weighted by Crippen LogP contribution is 2.25. The summed E-state index contributed by atoms with van der Waals surface area (Å²) in [4.78, 5) is 25.9. The molecule has 0 bridgehead atoms. The Labute approximate surface area is 168 Å². The summed E-state index contributed by atoms with van der Waals surface area (Å²) >= 11 is 0. The summed E-state index contributed by atoms with van der Waals surface area (Å²) in [5.41, 5.74) is 3.82. The number of hydrogen-bond donors (Lipinski definition) is 1. The van der Waals surface area contributed by atoms with Crippen LogP contribution in [-0.2, 0) is 0 Å². The van der Waals surface area contributed by atoms with Gasteiger partial charge in [-0.05, 0) is 70.7 Å². The van der Waals surface area contributed by atoms with E-state index in [9.17, 15) is 4.79 Å². The monoisotopic (exact) mass is 381 g/mol. The predicted molar refractivity (Wildman–Crippen MR) is 115 cm³/mol. The van der Waals surface area contributed by atoms with Crippen molar-refractivity contribution >= 4 is 23.1 Å². The number of carbonyl (C=O) groups is 1. The average Bonchev–Trinajstić information content (AvgIpc) is 2.70. The van der Waals surface area contributed by atoms with Gasteiger partial charge in [0.25, 0.3) is 5.91 Å². The van der Waals surface area contributed by atoms with E-state index in [1.165, 1.54) is 12.1 Å². The Morgan fingerprint density at radius 3 is 2.43 bits per heavy atom. The highest BCUT2D eigenvalue weighted by atomic mass is 16.2. The standard InChI is InChI=1S/C22H31N5O/c1-5-26(6-2)18-10-11-19(16(3)14-18)25-21-15-20(23-17(4)24-21)22(28)27-12-8-7-9-13-27/h10-11,14-15H,5-9,12-13H2,1-4H3,(H,23,24,25). The maximum absolute atomic E-state index is 12.8. The van der Waals surface area contributed by atoms with Crippen LogP contribution in [0.4, 0.5) is 17.2 Å². The van der Waals surface area contributed by atoms with Crippen LogP contribution in [0, 0.1) is 13.8 Å². The number of anilines is 3. The van der Waals surface area contributed by atoms with Gasteiger partial charge in [0.1, 0.15) is 17.3 Å². The minimum atomic E-state index is 0.00172. The minimum absolute atomic E-state index is 0.00172. The van der Waals surface area contributed by atoms with E-state index < -0.39 is 0 Å². The second kappa shape index (κ2) is 9.04. The molecule has 28 heavy (non-hydrogen) atoms. The number of aryl methyl sites for hydroxylation is 2. The topological polar surface area (TPSA) is 61.4 Å². The molecule has 1 aromatic carbocycles. The number of nitrogens with zero attached hydrogens (tertiary/aromatic N) is 4. The van der Waals surface area contributed by atoms with E-state index in [1.807, 2.05) is 11.8 Å². The number of piperidine rings is 1. The Hall–Kier alpha value is -2.63. The molecule has 1 saturated heterocycles. The van der Waals surface area contributed by atoms with Crippen molar-refractivity contribution in [1.29, 1.82) is 0 Å². The molecule has 6 nitrogen and oxygen atoms in total. The molecule has 1 amide bonds. The van der Waals surface area contributed by atoms with E-state index in [2.05, 4.69) is 59.2 Å². The van der Waals surface area contributed by atoms with Crippen molar-refractivity contribution in [2.75, 3.05) is 36.4 Å². The Balaban J connectivity index is 1.81. The summed E-state index contributed by atoms with van der Waals surface area (Å²) in [6.07, 6.45) is 3.33. The van der Waals surface area contributed by atoms with Gasteiger partial charge in [-0.3, -0.25) is 4.79 Å². The van der Waals surface area contributed by atoms with E-state index in [1.54, 1.807) is 6.07 Å². The van der Waals surface area contributed by atoms with Crippen molar-refractivity contribution in [3.8, 4) is 0 Å². The van der Waals surface area contributed by atoms with Gasteiger partial charge in [-0.15, -0.1) is 0 Å². The Bertz CT molecular complexity index is 826. The van der Waals surface area contributed by atoms with E-state index in [0.29, 0.717) is 17.3 Å². The van der Waals surface area contributed by atoms with Crippen LogP contribution in [0.15, 0.2) is 24.3 Å². The fourth-order valence-corrected chi connectivity index (χ4v) is 3.71. The van der Waals surface area contributed by atoms with E-state index in [4.69, 9.17) is 0 Å². The molecule has 2 heterocycles. The predicted octanol–water partition coefficient (Wildman–Crippen LogP) is 4.31. The van der Waals surface area contributed by atoms with Gasteiger partial charge in [-0.1, -0.05) is 0 Å². The van der Waals surface area contributed by atoms with E-state index >= 15 is 0 Å². The molecule has 0 spiro atoms. The molecule has 3 rings (SSSR count). The lowest BCUT2D eigenvalue weighted by atomic mass is 10.1. The van der Waals surface area contributed by atoms with Gasteiger partial charge in [0.05, 0.1) is 0 Å². The number of amides is 1. The number of hydrogen-bond acceptors (Lipinski definition) is 5. The first kappa shape index (κ1) is 20.1. The highest BCUT2D eigenvalue weighted by Gasteiger charge is 2.20. The molecule has 0 atom stereocenters. The summed E-state index contributed by atoms with van der Waals surface area (Å²) in [5.74, 6) is 1.26. The quantitative estimate of drug-likeness (QED) is 0.808. The molecule has 1 fully saturated rings. The summed E-state index contributed by atoms with van der Waals surface area (Å²) in [5, 5.41) is 3.37. The lowest BCUT2D eigenvalue weighted by Crippen LogP contribution is -2.36. The number of aromatic nitrogens is 2. The number of nitrogens with one attached hydrogen (secondary N) is 1. The van der Waals surface area contributed by atoms with Crippen molar-refractivity contribution in [1.82, 2.24) is 14.9 Å². The lowest BCUT2D eigenvalue weighted by Gasteiger charge is -2.26. The molecular formula is C22H31N5O. The van der Waals surface area contributed by atoms with Crippen LogP contribution in [0.1, 0.15) is 55.0 Å². The number of benzene rings is 1. The van der Waals surface area contributed by atoms with Crippen molar-refractivity contribution < 1.29 is 4.79 Å². The van der Waals surface area contributed by atoms with Gasteiger partial charge in [0.2, 0.25) is 0 Å². The van der Waals surface area contributed by atoms with Crippen molar-refractivity contribution in [2.24, 2.45) is 0 Å². The molecule has 0 aliphatic carbocycles. The SMILES string of the molecule is CCN(CC)c1ccc(Nc2cc(C(=O)N3CCCCC3)nc(C)n2)c(C)c1. The maximum atomic E-state index is 12.8. The smallest absolute Gasteiger partial charge is 0.272 e. The van der Waals surface area contributed by atoms with Crippen molar-refractivity contribution in [3.63, 3.8) is 0 Å². The Morgan fingerprint density at radius 2 is 1.79 bits per heavy atom. The van der Waals surface area contributed by atoms with E-state index in [-0.39, 0.29) is 5.91 Å². The van der Waals surface area contributed by atoms with Crippen molar-refractivity contribution in [3.05, 3.63) is 41.3 Å². The van der Waals surface area contributed by atoms with Gasteiger partial charge >= 0.3 is 0 Å². The zero-order valence-electron chi connectivity index (χ0n) is 17.5. The Kier molecular flexibility index (Phi) is 6.49. The fourth-order valence-electron chi connectivity index (χ4n) is 3.71. The molecule has 0 unspecified atom stereocenters. The molecule has 0 saturated carbocycles. The summed E-state index contributed by atoms with van der Waals surface area (Å²) in [6.45, 7) is 11.8. The first-order valence-electron chi connectivity index (χ1n) is 10.3. The lowest BCUT2D eigenvalue weighted by molar-refractivity contribution is 0.0718. The van der Waals surface area contributed by atoms with Crippen molar-refractivity contribution in [2.45, 2.75) is 47.0 Å². The molecule has 1 aliphatic heterocycles. The third kappa shape index (κ3) is 4.61. The Morgan fingerprint density at radius 1 is 1.07 bits per heavy atom. The van der Waals surface area contributed by atoms with Crippen LogP contribution >= 0.6 is 0 Å². The molecule has 0 radical (unpaired) electrons. The number of likely N-dealkylation sites (tertiary alicyclic amines) is 1. The normalized spacial score (nSPS) is 14.1. The van der Waals surface area contributed by atoms with Crippen LogP contribution in [0.3, 0.4) is 0 Å². The minimum Gasteiger partial charge on any atom is -0.372 e. The molecular weight excluding hydrogens is 350 g/mol. The zero-order valence-corrected chi connectivity index (χ0v) is 17.5. The number of rotatable bonds is 6. The van der Waals surface area contributed by atoms with Crippen LogP contribution in [0.25, 0.3) is 0 Å². The second-order valence-corrected chi connectivity index (χ2v) is 7.34. The molecule has 1 aliphatic rings. The zero-order chi connectivity index (χ0) is 20.1. The molecule has 150 valence electrons. The van der Waals surface area contributed by atoms with Crippen LogP contribution in [0.2, 0.25) is 0 Å². The first-order valence-corrected chi connectivity index (χ1v) is 10.3. The second-order valence-electron chi connectivity index (χ2n) is 7.34.